The van der Waals surface area contributed by atoms with Crippen LogP contribution in [0, 0.1) is 13.8 Å². The molecule has 2 aromatic rings. The molecule has 0 spiro atoms. The molecule has 0 amide bonds. The van der Waals surface area contributed by atoms with Gasteiger partial charge < -0.3 is 5.32 Å². The molecule has 4 heteroatoms. The Balaban J connectivity index is 2.27. The lowest BCUT2D eigenvalue weighted by Crippen LogP contribution is -1.91. The molecule has 0 bridgehead atoms. The Hall–Kier alpha value is -1.06. The third-order valence-electron chi connectivity index (χ3n) is 2.76. The Morgan fingerprint density at radius 2 is 2.12 bits per heavy atom. The molecule has 0 unspecified atom stereocenters. The Morgan fingerprint density at radius 3 is 2.71 bits per heavy atom. The molecule has 1 N–H and O–H groups in total. The topological polar surface area (TPSA) is 24.9 Å². The van der Waals surface area contributed by atoms with Gasteiger partial charge in [0, 0.05) is 23.4 Å². The van der Waals surface area contributed by atoms with Gasteiger partial charge in [-0.2, -0.15) is 0 Å². The summed E-state index contributed by atoms with van der Waals surface area (Å²) < 4.78 is 0. The number of nitrogens with zero attached hydrogens (tertiary/aromatic N) is 1. The Kier molecular flexibility index (Phi) is 3.69. The molecule has 0 aliphatic rings. The molecule has 0 saturated carbocycles. The van der Waals surface area contributed by atoms with Crippen LogP contribution in [0.4, 0.5) is 5.13 Å². The fourth-order valence-corrected chi connectivity index (χ4v) is 2.90. The van der Waals surface area contributed by atoms with Gasteiger partial charge in [-0.05, 0) is 37.1 Å². The van der Waals surface area contributed by atoms with Gasteiger partial charge in [0.25, 0.3) is 0 Å². The summed E-state index contributed by atoms with van der Waals surface area (Å²) in [5.41, 5.74) is 3.65. The van der Waals surface area contributed by atoms with E-state index in [1.54, 1.807) is 11.3 Å². The average molecular weight is 267 g/mol. The molecular formula is C13H15ClN2S. The molecule has 0 atom stereocenters. The highest BCUT2D eigenvalue weighted by Crippen LogP contribution is 2.26. The molecule has 90 valence electrons. The van der Waals surface area contributed by atoms with Gasteiger partial charge in [-0.15, -0.1) is 11.3 Å². The van der Waals surface area contributed by atoms with E-state index in [9.17, 15) is 0 Å². The van der Waals surface area contributed by atoms with Gasteiger partial charge in [-0.3, -0.25) is 0 Å². The second-order valence-corrected chi connectivity index (χ2v) is 5.55. The van der Waals surface area contributed by atoms with Crippen LogP contribution in [0.2, 0.25) is 5.02 Å². The highest BCUT2D eigenvalue weighted by molar-refractivity contribution is 7.15. The Labute approximate surface area is 111 Å². The van der Waals surface area contributed by atoms with Crippen LogP contribution < -0.4 is 5.32 Å². The Morgan fingerprint density at radius 1 is 1.35 bits per heavy atom. The van der Waals surface area contributed by atoms with Crippen LogP contribution in [0.25, 0.3) is 0 Å². The lowest BCUT2D eigenvalue weighted by atomic mass is 10.0. The quantitative estimate of drug-likeness (QED) is 0.907. The highest BCUT2D eigenvalue weighted by atomic mass is 35.5. The summed E-state index contributed by atoms with van der Waals surface area (Å²) in [6, 6.07) is 6.04. The molecule has 0 saturated heterocycles. The van der Waals surface area contributed by atoms with Crippen LogP contribution in [-0.4, -0.2) is 12.0 Å². The summed E-state index contributed by atoms with van der Waals surface area (Å²) in [6.07, 6.45) is 0.925. The van der Waals surface area contributed by atoms with E-state index < -0.39 is 0 Å². The third-order valence-corrected chi connectivity index (χ3v) is 4.17. The van der Waals surface area contributed by atoms with Crippen molar-refractivity contribution in [3.8, 4) is 0 Å². The Bertz CT molecular complexity index is 534. The molecule has 2 rings (SSSR count). The largest absolute Gasteiger partial charge is 0.365 e. The van der Waals surface area contributed by atoms with Crippen molar-refractivity contribution in [3.63, 3.8) is 0 Å². The molecule has 1 aromatic heterocycles. The first kappa shape index (κ1) is 12.4. The minimum Gasteiger partial charge on any atom is -0.365 e. The van der Waals surface area contributed by atoms with Gasteiger partial charge in [-0.1, -0.05) is 17.7 Å². The standard InChI is InChI=1S/C13H15ClN2S/c1-8-6-11(14)5-4-10(8)7-12-9(2)16-13(15-3)17-12/h4-6H,7H2,1-3H3,(H,15,16). The van der Waals surface area contributed by atoms with E-state index in [2.05, 4.69) is 30.2 Å². The van der Waals surface area contributed by atoms with Crippen LogP contribution in [0.3, 0.4) is 0 Å². The second-order valence-electron chi connectivity index (χ2n) is 4.03. The van der Waals surface area contributed by atoms with Crippen molar-refractivity contribution in [2.75, 3.05) is 12.4 Å². The number of thiazole rings is 1. The van der Waals surface area contributed by atoms with Gasteiger partial charge in [0.2, 0.25) is 0 Å². The maximum Gasteiger partial charge on any atom is 0.182 e. The second kappa shape index (κ2) is 5.07. The molecule has 1 heterocycles. The van der Waals surface area contributed by atoms with Crippen LogP contribution in [-0.2, 0) is 6.42 Å². The van der Waals surface area contributed by atoms with Crippen LogP contribution >= 0.6 is 22.9 Å². The SMILES string of the molecule is CNc1nc(C)c(Cc2ccc(Cl)cc2C)s1. The number of rotatable bonds is 3. The number of hydrogen-bond acceptors (Lipinski definition) is 3. The van der Waals surface area contributed by atoms with E-state index >= 15 is 0 Å². The zero-order valence-electron chi connectivity index (χ0n) is 10.2. The van der Waals surface area contributed by atoms with Crippen molar-refractivity contribution >= 4 is 28.1 Å². The summed E-state index contributed by atoms with van der Waals surface area (Å²) in [4.78, 5) is 5.76. The van der Waals surface area contributed by atoms with E-state index in [4.69, 9.17) is 11.6 Å². The predicted octanol–water partition coefficient (Wildman–Crippen LogP) is 4.05. The minimum absolute atomic E-state index is 0.795. The summed E-state index contributed by atoms with van der Waals surface area (Å²) in [5, 5.41) is 4.85. The normalized spacial score (nSPS) is 10.6. The average Bonchev–Trinajstić information content (AvgIpc) is 2.64. The number of nitrogens with one attached hydrogen (secondary N) is 1. The first-order valence-corrected chi connectivity index (χ1v) is 6.68. The zero-order chi connectivity index (χ0) is 12.4. The van der Waals surface area contributed by atoms with Crippen molar-refractivity contribution < 1.29 is 0 Å². The van der Waals surface area contributed by atoms with Crippen molar-refractivity contribution in [1.82, 2.24) is 4.98 Å². The molecule has 0 aliphatic heterocycles. The number of aromatic nitrogens is 1. The van der Waals surface area contributed by atoms with E-state index in [1.807, 2.05) is 19.2 Å². The summed E-state index contributed by atoms with van der Waals surface area (Å²) in [7, 11) is 1.90. The monoisotopic (exact) mass is 266 g/mol. The summed E-state index contributed by atoms with van der Waals surface area (Å²) in [5.74, 6) is 0. The minimum atomic E-state index is 0.795. The molecule has 2 nitrogen and oxygen atoms in total. The lowest BCUT2D eigenvalue weighted by Gasteiger charge is -2.05. The smallest absolute Gasteiger partial charge is 0.182 e. The molecule has 1 aromatic carbocycles. The summed E-state index contributed by atoms with van der Waals surface area (Å²) >= 11 is 7.67. The lowest BCUT2D eigenvalue weighted by molar-refractivity contribution is 1.13. The van der Waals surface area contributed by atoms with E-state index in [0.717, 1.165) is 22.3 Å². The van der Waals surface area contributed by atoms with E-state index in [0.29, 0.717) is 0 Å². The van der Waals surface area contributed by atoms with Crippen molar-refractivity contribution in [2.24, 2.45) is 0 Å². The number of benzene rings is 1. The fourth-order valence-electron chi connectivity index (χ4n) is 1.73. The molecule has 0 radical (unpaired) electrons. The first-order chi connectivity index (χ1) is 8.10. The van der Waals surface area contributed by atoms with E-state index in [1.165, 1.54) is 16.0 Å². The maximum absolute atomic E-state index is 5.96. The van der Waals surface area contributed by atoms with Gasteiger partial charge in [0.15, 0.2) is 5.13 Å². The highest BCUT2D eigenvalue weighted by Gasteiger charge is 2.08. The predicted molar refractivity (Wildman–Crippen MR) is 75.4 cm³/mol. The van der Waals surface area contributed by atoms with Gasteiger partial charge in [0.05, 0.1) is 5.69 Å². The van der Waals surface area contributed by atoms with Crippen LogP contribution in [0.5, 0.6) is 0 Å². The number of anilines is 1. The molecule has 0 aliphatic carbocycles. The maximum atomic E-state index is 5.96. The van der Waals surface area contributed by atoms with Gasteiger partial charge in [0.1, 0.15) is 0 Å². The first-order valence-electron chi connectivity index (χ1n) is 5.49. The summed E-state index contributed by atoms with van der Waals surface area (Å²) in [6.45, 7) is 4.15. The van der Waals surface area contributed by atoms with Crippen molar-refractivity contribution in [2.45, 2.75) is 20.3 Å². The molecule has 17 heavy (non-hydrogen) atoms. The number of halogens is 1. The number of hydrogen-bond donors (Lipinski definition) is 1. The number of aryl methyl sites for hydroxylation is 2. The molecular weight excluding hydrogens is 252 g/mol. The van der Waals surface area contributed by atoms with Gasteiger partial charge in [-0.25, -0.2) is 4.98 Å². The third kappa shape index (κ3) is 2.79. The molecule has 0 fully saturated rings. The van der Waals surface area contributed by atoms with E-state index in [-0.39, 0.29) is 0 Å². The zero-order valence-corrected chi connectivity index (χ0v) is 11.7. The fraction of sp³-hybridized carbons (Fsp3) is 0.308. The van der Waals surface area contributed by atoms with Crippen molar-refractivity contribution in [3.05, 3.63) is 44.9 Å². The van der Waals surface area contributed by atoms with Crippen LogP contribution in [0.1, 0.15) is 21.7 Å². The van der Waals surface area contributed by atoms with Gasteiger partial charge >= 0.3 is 0 Å². The van der Waals surface area contributed by atoms with Crippen molar-refractivity contribution in [1.29, 1.82) is 0 Å². The van der Waals surface area contributed by atoms with Crippen LogP contribution in [0.15, 0.2) is 18.2 Å².